The van der Waals surface area contributed by atoms with Crippen LogP contribution in [0, 0.1) is 10.1 Å². The van der Waals surface area contributed by atoms with E-state index >= 15 is 0 Å². The summed E-state index contributed by atoms with van der Waals surface area (Å²) >= 11 is 1.15. The largest absolute Gasteiger partial charge is 0.393 e. The van der Waals surface area contributed by atoms with Crippen LogP contribution in [0.3, 0.4) is 0 Å². The summed E-state index contributed by atoms with van der Waals surface area (Å²) in [4.78, 5) is 10.7. The third-order valence-corrected chi connectivity index (χ3v) is 4.60. The number of benzene rings is 2. The molecule has 0 heterocycles. The molecule has 0 saturated carbocycles. The van der Waals surface area contributed by atoms with Gasteiger partial charge in [-0.3, -0.25) is 14.7 Å². The topological polar surface area (TPSA) is 127 Å². The Bertz CT molecular complexity index is 840. The molecule has 0 radical (unpaired) electrons. The maximum Gasteiger partial charge on any atom is 0.364 e. The van der Waals surface area contributed by atoms with Crippen LogP contribution in [0.25, 0.3) is 0 Å². The summed E-state index contributed by atoms with van der Waals surface area (Å²) in [5, 5.41) is 11.1. The molecule has 0 amide bonds. The van der Waals surface area contributed by atoms with Crippen LogP contribution >= 0.6 is 11.8 Å². The molecule has 122 valence electrons. The zero-order valence-electron chi connectivity index (χ0n) is 11.9. The second-order valence-electron chi connectivity index (χ2n) is 4.42. The maximum atomic E-state index is 11.8. The molecule has 0 fully saturated rings. The van der Waals surface area contributed by atoms with Gasteiger partial charge in [0.25, 0.3) is 5.69 Å². The molecule has 0 aliphatic rings. The highest BCUT2D eigenvalue weighted by Crippen LogP contribution is 2.40. The number of para-hydroxylation sites is 1. The van der Waals surface area contributed by atoms with Gasteiger partial charge in [-0.15, -0.1) is 11.8 Å². The minimum atomic E-state index is -4.70. The van der Waals surface area contributed by atoms with Gasteiger partial charge in [-0.25, -0.2) is 4.31 Å². The van der Waals surface area contributed by atoms with Crippen LogP contribution in [0.5, 0.6) is 0 Å². The summed E-state index contributed by atoms with van der Waals surface area (Å²) in [7, 11) is -4.70. The van der Waals surface area contributed by atoms with Crippen molar-refractivity contribution in [2.45, 2.75) is 4.90 Å². The van der Waals surface area contributed by atoms with Crippen molar-refractivity contribution >= 4 is 44.8 Å². The Morgan fingerprint density at radius 1 is 1.26 bits per heavy atom. The van der Waals surface area contributed by atoms with Crippen molar-refractivity contribution < 1.29 is 17.9 Å². The van der Waals surface area contributed by atoms with E-state index in [1.165, 1.54) is 18.2 Å². The summed E-state index contributed by atoms with van der Waals surface area (Å²) < 4.78 is 33.9. The zero-order chi connectivity index (χ0) is 17.2. The number of nitro groups is 1. The van der Waals surface area contributed by atoms with E-state index < -0.39 is 20.9 Å². The highest BCUT2D eigenvalue weighted by molar-refractivity contribution is 7.98. The Labute approximate surface area is 136 Å². The van der Waals surface area contributed by atoms with Gasteiger partial charge in [0.05, 0.1) is 16.3 Å². The van der Waals surface area contributed by atoms with Gasteiger partial charge in [0.15, 0.2) is 0 Å². The highest BCUT2D eigenvalue weighted by atomic mass is 32.2. The molecule has 0 atom stereocenters. The molecular formula is C13H13N3O5S2. The molecule has 3 N–H and O–H groups in total. The van der Waals surface area contributed by atoms with E-state index in [-0.39, 0.29) is 17.1 Å². The molecule has 0 aliphatic heterocycles. The molecule has 2 aromatic carbocycles. The SMILES string of the molecule is CSc1cc(N)c([N+](=O)[O-])cc1N(c1ccccc1)S(=O)(=O)O. The molecule has 2 rings (SSSR count). The summed E-state index contributed by atoms with van der Waals surface area (Å²) in [6, 6.07) is 10.1. The van der Waals surface area contributed by atoms with E-state index in [4.69, 9.17) is 5.73 Å². The minimum Gasteiger partial charge on any atom is -0.393 e. The van der Waals surface area contributed by atoms with E-state index in [0.29, 0.717) is 9.20 Å². The fraction of sp³-hybridized carbons (Fsp3) is 0.0769. The van der Waals surface area contributed by atoms with Gasteiger partial charge in [0, 0.05) is 11.0 Å². The maximum absolute atomic E-state index is 11.8. The van der Waals surface area contributed by atoms with Crippen molar-refractivity contribution in [3.8, 4) is 0 Å². The van der Waals surface area contributed by atoms with Crippen molar-refractivity contribution in [1.82, 2.24) is 0 Å². The highest BCUT2D eigenvalue weighted by Gasteiger charge is 2.27. The van der Waals surface area contributed by atoms with Gasteiger partial charge in [-0.05, 0) is 24.5 Å². The molecule has 23 heavy (non-hydrogen) atoms. The van der Waals surface area contributed by atoms with Crippen molar-refractivity contribution in [3.05, 3.63) is 52.6 Å². The first-order valence-corrected chi connectivity index (χ1v) is 8.82. The average Bonchev–Trinajstić information content (AvgIpc) is 2.48. The molecule has 0 unspecified atom stereocenters. The van der Waals surface area contributed by atoms with E-state index in [1.54, 1.807) is 24.5 Å². The lowest BCUT2D eigenvalue weighted by atomic mass is 10.2. The summed E-state index contributed by atoms with van der Waals surface area (Å²) in [6.45, 7) is 0. The van der Waals surface area contributed by atoms with Crippen LogP contribution in [0.1, 0.15) is 0 Å². The zero-order valence-corrected chi connectivity index (χ0v) is 13.5. The first kappa shape index (κ1) is 17.1. The first-order valence-electron chi connectivity index (χ1n) is 6.20. The Morgan fingerprint density at radius 3 is 2.35 bits per heavy atom. The standard InChI is InChI=1S/C13H13N3O5S2/c1-22-13-7-10(14)11(16(17)18)8-12(13)15(23(19,20)21)9-5-3-2-4-6-9/h2-8H,14H2,1H3,(H,19,20,21). The third kappa shape index (κ3) is 3.55. The van der Waals surface area contributed by atoms with Crippen LogP contribution in [0.2, 0.25) is 0 Å². The Hall–Kier alpha value is -2.30. The average molecular weight is 355 g/mol. The van der Waals surface area contributed by atoms with Crippen LogP contribution in [0.4, 0.5) is 22.7 Å². The number of anilines is 3. The summed E-state index contributed by atoms with van der Waals surface area (Å²) in [5.41, 5.74) is 5.19. The normalized spacial score (nSPS) is 11.2. The van der Waals surface area contributed by atoms with Gasteiger partial charge in [-0.2, -0.15) is 8.42 Å². The Kier molecular flexibility index (Phi) is 4.78. The van der Waals surface area contributed by atoms with Gasteiger partial charge >= 0.3 is 10.3 Å². The predicted octanol–water partition coefficient (Wildman–Crippen LogP) is 2.84. The fourth-order valence-electron chi connectivity index (χ4n) is 2.01. The van der Waals surface area contributed by atoms with Crippen molar-refractivity contribution in [2.24, 2.45) is 0 Å². The predicted molar refractivity (Wildman–Crippen MR) is 89.4 cm³/mol. The molecule has 0 saturated heterocycles. The number of thioether (sulfide) groups is 1. The first-order chi connectivity index (χ1) is 10.8. The van der Waals surface area contributed by atoms with Gasteiger partial charge in [-0.1, -0.05) is 18.2 Å². The number of hydrogen-bond donors (Lipinski definition) is 2. The van der Waals surface area contributed by atoms with E-state index in [2.05, 4.69) is 0 Å². The Balaban J connectivity index is 2.78. The number of nitrogen functional groups attached to an aromatic ring is 1. The molecule has 8 nitrogen and oxygen atoms in total. The van der Waals surface area contributed by atoms with Crippen molar-refractivity contribution in [3.63, 3.8) is 0 Å². The molecule has 2 aromatic rings. The van der Waals surface area contributed by atoms with Crippen LogP contribution in [0.15, 0.2) is 47.4 Å². The van der Waals surface area contributed by atoms with Gasteiger partial charge < -0.3 is 5.73 Å². The van der Waals surface area contributed by atoms with E-state index in [9.17, 15) is 23.1 Å². The molecule has 0 aliphatic carbocycles. The van der Waals surface area contributed by atoms with Crippen LogP contribution < -0.4 is 10.0 Å². The number of nitro benzene ring substituents is 1. The second-order valence-corrected chi connectivity index (χ2v) is 6.53. The number of hydrogen-bond acceptors (Lipinski definition) is 6. The molecule has 10 heteroatoms. The molecule has 0 bridgehead atoms. The second kappa shape index (κ2) is 6.44. The smallest absolute Gasteiger partial charge is 0.364 e. The number of nitrogens with zero attached hydrogens (tertiary/aromatic N) is 2. The lowest BCUT2D eigenvalue weighted by Crippen LogP contribution is -2.25. The van der Waals surface area contributed by atoms with Crippen molar-refractivity contribution in [1.29, 1.82) is 0 Å². The monoisotopic (exact) mass is 355 g/mol. The minimum absolute atomic E-state index is 0.0490. The fourth-order valence-corrected chi connectivity index (χ4v) is 3.46. The Morgan fingerprint density at radius 2 is 1.87 bits per heavy atom. The lowest BCUT2D eigenvalue weighted by molar-refractivity contribution is -0.383. The summed E-state index contributed by atoms with van der Waals surface area (Å²) in [6.07, 6.45) is 1.66. The lowest BCUT2D eigenvalue weighted by Gasteiger charge is -2.23. The summed E-state index contributed by atoms with van der Waals surface area (Å²) in [5.74, 6) is 0. The van der Waals surface area contributed by atoms with Gasteiger partial charge in [0.1, 0.15) is 5.69 Å². The number of rotatable bonds is 5. The molecule has 0 spiro atoms. The van der Waals surface area contributed by atoms with Crippen LogP contribution in [-0.4, -0.2) is 24.1 Å². The van der Waals surface area contributed by atoms with Crippen molar-refractivity contribution in [2.75, 3.05) is 16.3 Å². The van der Waals surface area contributed by atoms with Gasteiger partial charge in [0.2, 0.25) is 0 Å². The molecule has 0 aromatic heterocycles. The van der Waals surface area contributed by atoms with Crippen LogP contribution in [-0.2, 0) is 10.3 Å². The van der Waals surface area contributed by atoms with E-state index in [1.807, 2.05) is 0 Å². The number of nitrogens with two attached hydrogens (primary N) is 1. The quantitative estimate of drug-likeness (QED) is 0.277. The third-order valence-electron chi connectivity index (χ3n) is 2.97. The van der Waals surface area contributed by atoms with E-state index in [0.717, 1.165) is 17.8 Å². The molecular weight excluding hydrogens is 342 g/mol.